The van der Waals surface area contributed by atoms with Crippen molar-refractivity contribution in [1.82, 2.24) is 0 Å². The molecule has 5 N–H and O–H groups in total. The summed E-state index contributed by atoms with van der Waals surface area (Å²) in [6.45, 7) is 1.54. The third-order valence-corrected chi connectivity index (χ3v) is 4.28. The number of aromatic hydroxyl groups is 1. The average Bonchev–Trinajstić information content (AvgIpc) is 2.67. The van der Waals surface area contributed by atoms with Gasteiger partial charge in [0.1, 0.15) is 29.3 Å². The number of methoxy groups -OCH3 is 1. The van der Waals surface area contributed by atoms with Crippen LogP contribution in [0.15, 0.2) is 18.2 Å². The summed E-state index contributed by atoms with van der Waals surface area (Å²) in [6.07, 6.45) is -2.47. The standard InChI is InChI=1S/C19H24O8.CH4O/c1-10-6-12(20)8-16(23)18(24)14(21)5-3-4-11-7-13(26-2)9-15(22)17(11)19(25)27-10;1-2/h3-4,7,9-10,12,14,18,20-22,24H,5-6,8H2,1-2H3;2H,1H3/b4-3+;/t10-,12+,14-,18-;/m0./s1. The van der Waals surface area contributed by atoms with E-state index in [2.05, 4.69) is 0 Å². The van der Waals surface area contributed by atoms with Crippen molar-refractivity contribution in [2.24, 2.45) is 0 Å². The number of aliphatic hydroxyl groups is 4. The number of ether oxygens (including phenoxy) is 2. The summed E-state index contributed by atoms with van der Waals surface area (Å²) < 4.78 is 10.4. The Balaban J connectivity index is 0.00000204. The SMILES string of the molecule is CO.COc1cc(O)c2c(c1)/C=C/C[C@H](O)[C@H](O)C(=O)C[C@H](O)C[C@H](C)OC2=O. The van der Waals surface area contributed by atoms with Gasteiger partial charge >= 0.3 is 5.97 Å². The molecule has 1 aliphatic heterocycles. The Kier molecular flexibility index (Phi) is 9.76. The van der Waals surface area contributed by atoms with Crippen molar-refractivity contribution in [2.45, 2.75) is 50.6 Å². The molecule has 0 saturated carbocycles. The summed E-state index contributed by atoms with van der Waals surface area (Å²) in [7, 11) is 2.40. The van der Waals surface area contributed by atoms with E-state index in [1.807, 2.05) is 0 Å². The van der Waals surface area contributed by atoms with Gasteiger partial charge in [-0.2, -0.15) is 0 Å². The minimum Gasteiger partial charge on any atom is -0.507 e. The topological polar surface area (TPSA) is 154 Å². The molecule has 1 aliphatic rings. The Morgan fingerprint density at radius 2 is 1.79 bits per heavy atom. The van der Waals surface area contributed by atoms with Crippen LogP contribution in [0, 0.1) is 0 Å². The third kappa shape index (κ3) is 6.82. The number of phenolic OH excluding ortho intramolecular Hbond substituents is 1. The summed E-state index contributed by atoms with van der Waals surface area (Å²) in [5.41, 5.74) is 0.200. The number of hydrogen-bond donors (Lipinski definition) is 5. The second-order valence-electron chi connectivity index (χ2n) is 6.54. The van der Waals surface area contributed by atoms with Crippen LogP contribution in [0.2, 0.25) is 0 Å². The number of aliphatic hydroxyl groups excluding tert-OH is 4. The lowest BCUT2D eigenvalue weighted by Crippen LogP contribution is -2.36. The maximum absolute atomic E-state index is 12.5. The summed E-state index contributed by atoms with van der Waals surface area (Å²) >= 11 is 0. The molecule has 1 aromatic carbocycles. The van der Waals surface area contributed by atoms with Gasteiger partial charge in [0.25, 0.3) is 0 Å². The van der Waals surface area contributed by atoms with Gasteiger partial charge in [-0.05, 0) is 25.0 Å². The number of rotatable bonds is 1. The van der Waals surface area contributed by atoms with E-state index in [1.54, 1.807) is 6.92 Å². The van der Waals surface area contributed by atoms with Crippen LogP contribution >= 0.6 is 0 Å². The maximum Gasteiger partial charge on any atom is 0.342 e. The summed E-state index contributed by atoms with van der Waals surface area (Å²) in [5.74, 6) is -1.52. The molecule has 0 spiro atoms. The molecule has 1 aromatic rings. The Morgan fingerprint density at radius 1 is 1.14 bits per heavy atom. The van der Waals surface area contributed by atoms with Crippen LogP contribution in [0.4, 0.5) is 0 Å². The quantitative estimate of drug-likeness (QED) is 0.412. The minimum atomic E-state index is -1.64. The lowest BCUT2D eigenvalue weighted by atomic mass is 9.98. The van der Waals surface area contributed by atoms with E-state index in [1.165, 1.54) is 31.4 Å². The largest absolute Gasteiger partial charge is 0.507 e. The molecule has 9 heteroatoms. The predicted octanol–water partition coefficient (Wildman–Crippen LogP) is 0.403. The van der Waals surface area contributed by atoms with Gasteiger partial charge in [-0.25, -0.2) is 4.79 Å². The number of phenols is 1. The second kappa shape index (κ2) is 11.5. The number of fused-ring (bicyclic) bond motifs is 1. The molecule has 0 saturated heterocycles. The van der Waals surface area contributed by atoms with E-state index in [0.29, 0.717) is 5.75 Å². The molecule has 0 unspecified atom stereocenters. The Hall–Kier alpha value is -2.46. The van der Waals surface area contributed by atoms with Gasteiger partial charge in [0, 0.05) is 26.0 Å². The van der Waals surface area contributed by atoms with Crippen molar-refractivity contribution in [3.8, 4) is 11.5 Å². The van der Waals surface area contributed by atoms with Crippen LogP contribution in [0.25, 0.3) is 6.08 Å². The molecule has 0 amide bonds. The molecular formula is C20H28O9. The van der Waals surface area contributed by atoms with E-state index >= 15 is 0 Å². The van der Waals surface area contributed by atoms with Crippen molar-refractivity contribution >= 4 is 17.8 Å². The zero-order chi connectivity index (χ0) is 22.1. The highest BCUT2D eigenvalue weighted by Gasteiger charge is 2.28. The molecule has 0 bridgehead atoms. The van der Waals surface area contributed by atoms with E-state index in [-0.39, 0.29) is 36.1 Å². The first-order valence-electron chi connectivity index (χ1n) is 9.03. The smallest absolute Gasteiger partial charge is 0.342 e. The van der Waals surface area contributed by atoms with Crippen LogP contribution in [-0.4, -0.2) is 75.9 Å². The van der Waals surface area contributed by atoms with Crippen molar-refractivity contribution in [2.75, 3.05) is 14.2 Å². The van der Waals surface area contributed by atoms with Gasteiger partial charge < -0.3 is 35.0 Å². The van der Waals surface area contributed by atoms with Crippen molar-refractivity contribution in [3.63, 3.8) is 0 Å². The van der Waals surface area contributed by atoms with Crippen LogP contribution in [0.5, 0.6) is 11.5 Å². The van der Waals surface area contributed by atoms with Crippen molar-refractivity contribution in [3.05, 3.63) is 29.3 Å². The first-order chi connectivity index (χ1) is 13.7. The maximum atomic E-state index is 12.5. The van der Waals surface area contributed by atoms with Gasteiger partial charge in [-0.3, -0.25) is 4.79 Å². The molecule has 9 nitrogen and oxygen atoms in total. The minimum absolute atomic E-state index is 0.0393. The molecule has 0 radical (unpaired) electrons. The normalized spacial score (nSPS) is 26.9. The van der Waals surface area contributed by atoms with Crippen LogP contribution in [-0.2, 0) is 9.53 Å². The van der Waals surface area contributed by atoms with E-state index in [4.69, 9.17) is 14.6 Å². The van der Waals surface area contributed by atoms with Gasteiger partial charge in [0.15, 0.2) is 5.78 Å². The van der Waals surface area contributed by atoms with E-state index in [9.17, 15) is 30.0 Å². The van der Waals surface area contributed by atoms with Gasteiger partial charge in [0.2, 0.25) is 0 Å². The van der Waals surface area contributed by atoms with Crippen LogP contribution in [0.1, 0.15) is 42.1 Å². The Morgan fingerprint density at radius 3 is 2.41 bits per heavy atom. The molecular weight excluding hydrogens is 384 g/mol. The van der Waals surface area contributed by atoms with Gasteiger partial charge in [0.05, 0.1) is 19.3 Å². The molecule has 1 heterocycles. The van der Waals surface area contributed by atoms with E-state index in [0.717, 1.165) is 7.11 Å². The number of Topliss-reactive ketones (excluding diaryl/α,β-unsaturated/α-hetero) is 1. The lowest BCUT2D eigenvalue weighted by molar-refractivity contribution is -0.135. The molecule has 162 valence electrons. The third-order valence-electron chi connectivity index (χ3n) is 4.28. The van der Waals surface area contributed by atoms with Crippen molar-refractivity contribution < 1.29 is 44.6 Å². The fraction of sp³-hybridized carbons (Fsp3) is 0.500. The molecule has 0 fully saturated rings. The number of carbonyl (C=O) groups excluding carboxylic acids is 2. The summed E-state index contributed by atoms with van der Waals surface area (Å²) in [6, 6.07) is 2.78. The van der Waals surface area contributed by atoms with Crippen LogP contribution in [0.3, 0.4) is 0 Å². The van der Waals surface area contributed by atoms with Crippen LogP contribution < -0.4 is 4.74 Å². The number of benzene rings is 1. The van der Waals surface area contributed by atoms with Gasteiger partial charge in [-0.1, -0.05) is 12.2 Å². The highest BCUT2D eigenvalue weighted by molar-refractivity contribution is 5.97. The first-order valence-corrected chi connectivity index (χ1v) is 9.03. The Bertz CT molecular complexity index is 729. The molecule has 0 aromatic heterocycles. The predicted molar refractivity (Wildman–Crippen MR) is 104 cm³/mol. The number of ketones is 1. The highest BCUT2D eigenvalue weighted by Crippen LogP contribution is 2.30. The average molecular weight is 412 g/mol. The lowest BCUT2D eigenvalue weighted by Gasteiger charge is -2.21. The zero-order valence-corrected chi connectivity index (χ0v) is 16.6. The summed E-state index contributed by atoms with van der Waals surface area (Å²) in [5, 5.41) is 47.1. The van der Waals surface area contributed by atoms with E-state index < -0.39 is 36.2 Å². The highest BCUT2D eigenvalue weighted by atomic mass is 16.5. The molecule has 29 heavy (non-hydrogen) atoms. The monoisotopic (exact) mass is 412 g/mol. The second-order valence-corrected chi connectivity index (χ2v) is 6.54. The molecule has 0 aliphatic carbocycles. The van der Waals surface area contributed by atoms with Crippen molar-refractivity contribution in [1.29, 1.82) is 0 Å². The number of carbonyl (C=O) groups is 2. The first kappa shape index (κ1) is 24.6. The fourth-order valence-electron chi connectivity index (χ4n) is 2.88. The number of esters is 1. The number of hydrogen-bond acceptors (Lipinski definition) is 9. The zero-order valence-electron chi connectivity index (χ0n) is 16.6. The fourth-order valence-corrected chi connectivity index (χ4v) is 2.88. The van der Waals surface area contributed by atoms with Gasteiger partial charge in [-0.15, -0.1) is 0 Å². The Labute approximate surface area is 168 Å². The molecule has 2 rings (SSSR count). The summed E-state index contributed by atoms with van der Waals surface area (Å²) in [4.78, 5) is 24.4. The molecule has 4 atom stereocenters. The number of cyclic esters (lactones) is 1.